The van der Waals surface area contributed by atoms with E-state index in [1.54, 1.807) is 18.2 Å². The normalized spacial score (nSPS) is 24.8. The fourth-order valence-electron chi connectivity index (χ4n) is 5.49. The predicted molar refractivity (Wildman–Crippen MR) is 175 cm³/mol. The smallest absolute Gasteiger partial charge is 0.454 e. The fraction of sp³-hybridized carbons (Fsp3) is 0.647. The molecule has 1 fully saturated rings. The second-order valence-corrected chi connectivity index (χ2v) is 13.2. The minimum absolute atomic E-state index is 0.0395. The Hall–Kier alpha value is -2.55. The van der Waals surface area contributed by atoms with Gasteiger partial charge in [-0.3, -0.25) is 9.32 Å². The maximum absolute atomic E-state index is 12.4. The van der Waals surface area contributed by atoms with Crippen LogP contribution in [0.1, 0.15) is 90.9 Å². The second-order valence-electron chi connectivity index (χ2n) is 12.0. The average molecular weight is 666 g/mol. The van der Waals surface area contributed by atoms with Crippen LogP contribution in [-0.4, -0.2) is 73.5 Å². The van der Waals surface area contributed by atoms with E-state index in [2.05, 4.69) is 24.1 Å². The van der Waals surface area contributed by atoms with E-state index in [0.29, 0.717) is 19.3 Å². The van der Waals surface area contributed by atoms with E-state index in [9.17, 15) is 39.3 Å². The first kappa shape index (κ1) is 39.6. The van der Waals surface area contributed by atoms with Gasteiger partial charge in [-0.15, -0.1) is 5.92 Å². The fourth-order valence-corrected chi connectivity index (χ4v) is 6.09. The zero-order valence-electron chi connectivity index (χ0n) is 27.0. The summed E-state index contributed by atoms with van der Waals surface area (Å²) in [7, 11) is -5.16. The summed E-state index contributed by atoms with van der Waals surface area (Å²) in [6, 6.07) is 0. The van der Waals surface area contributed by atoms with Crippen LogP contribution in [0.3, 0.4) is 0 Å². The monoisotopic (exact) mass is 665 g/mol. The molecule has 0 radical (unpaired) electrons. The minimum Gasteiger partial charge on any atom is -0.454 e. The zero-order chi connectivity index (χ0) is 34.0. The van der Waals surface area contributed by atoms with Gasteiger partial charge in [-0.1, -0.05) is 75.5 Å². The molecule has 0 aromatic heterocycles. The summed E-state index contributed by atoms with van der Waals surface area (Å²) in [4.78, 5) is 43.8. The third kappa shape index (κ3) is 15.8. The van der Waals surface area contributed by atoms with Crippen LogP contribution in [0, 0.1) is 23.7 Å². The van der Waals surface area contributed by atoms with Crippen molar-refractivity contribution < 1.29 is 48.5 Å². The molecule has 0 bridgehead atoms. The van der Waals surface area contributed by atoms with Crippen molar-refractivity contribution in [2.45, 2.75) is 121 Å². The summed E-state index contributed by atoms with van der Waals surface area (Å²) < 4.78 is 22.5. The predicted octanol–water partition coefficient (Wildman–Crippen LogP) is 4.15. The number of carbonyl (C=O) groups is 2. The molecule has 2 aliphatic rings. The standard InChI is InChI=1S/C34H52NO10P/c1-3-5-6-7-8-9-17-32(38)35-23-22-34(40,21-20-30-27(4-2)18-19-33(39)44-30)31(45-46(41,42)43)25-29(37)15-11-10-13-26-14-12-16-28(36)24-26/h10-11,13,15,18-21,26-31,36-37,40H,3-7,12,14,16-17,22-25H2,1-2H3,(H,35,38)(H2,41,42,43)/b13-10-,15-11-,21-20+/t26-,27+,28+,29+,30+,31-,34+/m1/s1. The lowest BCUT2D eigenvalue weighted by atomic mass is 9.86. The molecule has 0 aromatic carbocycles. The first-order valence-corrected chi connectivity index (χ1v) is 17.9. The van der Waals surface area contributed by atoms with Crippen LogP contribution in [0.15, 0.2) is 48.6 Å². The maximum Gasteiger partial charge on any atom is 0.469 e. The average Bonchev–Trinajstić information content (AvgIpc) is 2.99. The molecular formula is C34H52NO10P. The Kier molecular flexibility index (Phi) is 17.8. The quantitative estimate of drug-likeness (QED) is 0.0311. The molecule has 6 N–H and O–H groups in total. The molecule has 0 unspecified atom stereocenters. The van der Waals surface area contributed by atoms with E-state index < -0.39 is 44.1 Å². The summed E-state index contributed by atoms with van der Waals surface area (Å²) in [6.07, 6.45) is 15.5. The molecule has 1 aliphatic carbocycles. The van der Waals surface area contributed by atoms with Gasteiger partial charge in [0.25, 0.3) is 0 Å². The third-order valence-corrected chi connectivity index (χ3v) is 8.65. The number of rotatable bonds is 18. The summed E-state index contributed by atoms with van der Waals surface area (Å²) in [5.74, 6) is 4.86. The number of cyclic esters (lactones) is 1. The molecule has 12 heteroatoms. The number of allylic oxidation sites excluding steroid dienone is 3. The molecule has 1 amide bonds. The van der Waals surface area contributed by atoms with Crippen molar-refractivity contribution in [3.63, 3.8) is 0 Å². The largest absolute Gasteiger partial charge is 0.469 e. The number of hydrogen-bond donors (Lipinski definition) is 6. The van der Waals surface area contributed by atoms with Crippen molar-refractivity contribution in [1.82, 2.24) is 5.32 Å². The number of aliphatic hydroxyl groups excluding tert-OH is 2. The summed E-state index contributed by atoms with van der Waals surface area (Å²) >= 11 is 0. The van der Waals surface area contributed by atoms with E-state index in [4.69, 9.17) is 9.26 Å². The number of ether oxygens (including phenoxy) is 1. The summed E-state index contributed by atoms with van der Waals surface area (Å²) in [5, 5.41) is 35.2. The van der Waals surface area contributed by atoms with Gasteiger partial charge in [-0.25, -0.2) is 9.36 Å². The molecule has 2 rings (SSSR count). The van der Waals surface area contributed by atoms with Crippen molar-refractivity contribution in [3.8, 4) is 11.8 Å². The van der Waals surface area contributed by atoms with Crippen LogP contribution in [0.4, 0.5) is 0 Å². The van der Waals surface area contributed by atoms with Crippen LogP contribution in [-0.2, 0) is 23.4 Å². The van der Waals surface area contributed by atoms with Crippen molar-refractivity contribution in [2.24, 2.45) is 11.8 Å². The lowest BCUT2D eigenvalue weighted by molar-refractivity contribution is -0.143. The number of unbranched alkanes of at least 4 members (excludes halogenated alkanes) is 3. The van der Waals surface area contributed by atoms with Gasteiger partial charge in [0.2, 0.25) is 5.91 Å². The Morgan fingerprint density at radius 2 is 2.00 bits per heavy atom. The zero-order valence-corrected chi connectivity index (χ0v) is 27.9. The van der Waals surface area contributed by atoms with Crippen LogP contribution in [0.2, 0.25) is 0 Å². The number of phosphoric acid groups is 1. The van der Waals surface area contributed by atoms with E-state index in [0.717, 1.165) is 38.5 Å². The Morgan fingerprint density at radius 3 is 2.70 bits per heavy atom. The Morgan fingerprint density at radius 1 is 1.22 bits per heavy atom. The second kappa shape index (κ2) is 20.6. The van der Waals surface area contributed by atoms with Gasteiger partial charge in [-0.05, 0) is 50.5 Å². The van der Waals surface area contributed by atoms with Gasteiger partial charge in [0.15, 0.2) is 0 Å². The van der Waals surface area contributed by atoms with Gasteiger partial charge in [0.05, 0.1) is 18.6 Å². The van der Waals surface area contributed by atoms with Crippen molar-refractivity contribution >= 4 is 19.7 Å². The molecule has 258 valence electrons. The molecule has 7 atom stereocenters. The van der Waals surface area contributed by atoms with Crippen LogP contribution >= 0.6 is 7.82 Å². The van der Waals surface area contributed by atoms with Crippen LogP contribution in [0.25, 0.3) is 0 Å². The Labute approximate surface area is 273 Å². The number of amides is 1. The number of nitrogens with one attached hydrogen (secondary N) is 1. The molecule has 0 saturated heterocycles. The minimum atomic E-state index is -5.16. The molecule has 0 aromatic rings. The van der Waals surface area contributed by atoms with Crippen LogP contribution in [0.5, 0.6) is 0 Å². The first-order valence-electron chi connectivity index (χ1n) is 16.3. The van der Waals surface area contributed by atoms with E-state index >= 15 is 0 Å². The van der Waals surface area contributed by atoms with E-state index in [1.165, 1.54) is 24.3 Å². The summed E-state index contributed by atoms with van der Waals surface area (Å²) in [6.45, 7) is 3.90. The lowest BCUT2D eigenvalue weighted by Gasteiger charge is -2.35. The molecule has 0 spiro atoms. The van der Waals surface area contributed by atoms with E-state index in [-0.39, 0.29) is 43.2 Å². The maximum atomic E-state index is 12.4. The molecule has 11 nitrogen and oxygen atoms in total. The molecular weight excluding hydrogens is 613 g/mol. The molecule has 46 heavy (non-hydrogen) atoms. The molecule has 1 saturated carbocycles. The highest BCUT2D eigenvalue weighted by atomic mass is 31.2. The number of hydrogen-bond acceptors (Lipinski definition) is 8. The first-order chi connectivity index (χ1) is 21.8. The van der Waals surface area contributed by atoms with Crippen LogP contribution < -0.4 is 5.32 Å². The summed E-state index contributed by atoms with van der Waals surface area (Å²) in [5.41, 5.74) is -2.10. The number of aliphatic hydroxyl groups is 3. The van der Waals surface area contributed by atoms with E-state index in [1.807, 2.05) is 13.0 Å². The number of carbonyl (C=O) groups excluding carboxylic acids is 2. The van der Waals surface area contributed by atoms with Gasteiger partial charge in [-0.2, -0.15) is 0 Å². The van der Waals surface area contributed by atoms with Crippen molar-refractivity contribution in [3.05, 3.63) is 48.6 Å². The van der Waals surface area contributed by atoms with Crippen molar-refractivity contribution in [2.75, 3.05) is 6.54 Å². The van der Waals surface area contributed by atoms with Gasteiger partial charge in [0.1, 0.15) is 17.8 Å². The lowest BCUT2D eigenvalue weighted by Crippen LogP contribution is -2.46. The Balaban J connectivity index is 2.22. The highest BCUT2D eigenvalue weighted by Gasteiger charge is 2.41. The molecule has 1 aliphatic heterocycles. The van der Waals surface area contributed by atoms with Gasteiger partial charge >= 0.3 is 13.8 Å². The highest BCUT2D eigenvalue weighted by Crippen LogP contribution is 2.42. The van der Waals surface area contributed by atoms with Gasteiger partial charge in [0, 0.05) is 31.4 Å². The third-order valence-electron chi connectivity index (χ3n) is 8.12. The topological polar surface area (TPSA) is 183 Å². The SMILES string of the molecule is CCCCCC#CCC(=O)NCC[C@@](O)(/C=C/[C@@H]1OC(=O)C=C[C@@H]1CC)[C@@H](C[C@@H](O)/C=C\C=C/[C@@H]1CCC[C@H](O)C1)OP(=O)(O)O. The van der Waals surface area contributed by atoms with Crippen molar-refractivity contribution in [1.29, 1.82) is 0 Å². The molecule has 1 heterocycles. The van der Waals surface area contributed by atoms with Gasteiger partial charge < -0.3 is 35.2 Å². The highest BCUT2D eigenvalue weighted by molar-refractivity contribution is 7.46. The number of esters is 1. The number of phosphoric ester groups is 1. The Bertz CT molecular complexity index is 1180.